The van der Waals surface area contributed by atoms with E-state index in [0.717, 1.165) is 0 Å². The van der Waals surface area contributed by atoms with Gasteiger partial charge in [0.1, 0.15) is 10.7 Å². The number of carbonyl (C=O) groups is 1. The number of anilines is 1. The Labute approximate surface area is 132 Å². The zero-order valence-electron chi connectivity index (χ0n) is 11.3. The summed E-state index contributed by atoms with van der Waals surface area (Å²) in [5, 5.41) is 6.70. The van der Waals surface area contributed by atoms with Crippen molar-refractivity contribution in [2.24, 2.45) is 0 Å². The molecule has 118 valence electrons. The Morgan fingerprint density at radius 3 is 2.74 bits per heavy atom. The first-order valence-electron chi connectivity index (χ1n) is 6.24. The van der Waals surface area contributed by atoms with Crippen LogP contribution in [0.1, 0.15) is 10.5 Å². The number of pyridine rings is 1. The Kier molecular flexibility index (Phi) is 3.63. The molecule has 5 N–H and O–H groups in total. The van der Waals surface area contributed by atoms with Crippen LogP contribution < -0.4 is 5.73 Å². The van der Waals surface area contributed by atoms with E-state index in [0.29, 0.717) is 5.39 Å². The first kappa shape index (κ1) is 15.2. The predicted molar refractivity (Wildman–Crippen MR) is 79.9 cm³/mol. The number of nitrogens with one attached hydrogen (secondary N) is 1. The molecule has 2 heterocycles. The van der Waals surface area contributed by atoms with E-state index in [-0.39, 0.29) is 11.1 Å². The third kappa shape index (κ3) is 2.28. The number of aromatic nitrogens is 2. The normalized spacial score (nSPS) is 11.0. The molecule has 23 heavy (non-hydrogen) atoms. The average molecular weight is 341 g/mol. The van der Waals surface area contributed by atoms with Crippen LogP contribution in [0.3, 0.4) is 0 Å². The summed E-state index contributed by atoms with van der Waals surface area (Å²) in [5.74, 6) is -3.06. The van der Waals surface area contributed by atoms with Crippen LogP contribution in [0.5, 0.6) is 0 Å². The van der Waals surface area contributed by atoms with E-state index < -0.39 is 39.7 Å². The SMILES string of the molecule is Nc1c(F)c(-c2ccc3cc[nH]c3c2F)nc(C(=O)O[OH2+])c1Cl. The number of hydrogen-bond acceptors (Lipinski definition) is 4. The molecule has 0 saturated heterocycles. The van der Waals surface area contributed by atoms with Gasteiger partial charge < -0.3 is 10.7 Å². The number of nitrogens with two attached hydrogens (primary N) is 1. The maximum atomic E-state index is 14.6. The minimum atomic E-state index is -1.23. The standard InChI is InChI=1S/C14H8ClF2N3O3/c15-7-10(18)9(17)12(20-13(7)14(21)23-22)6-2-1-5-3-4-19-11(5)8(6)16/h1-4,19,22H,(H2,18,20)/p+1. The van der Waals surface area contributed by atoms with Crippen molar-refractivity contribution < 1.29 is 23.7 Å². The molecule has 0 aliphatic carbocycles. The summed E-state index contributed by atoms with van der Waals surface area (Å²) in [6, 6.07) is 4.50. The van der Waals surface area contributed by atoms with Crippen LogP contribution >= 0.6 is 11.6 Å². The maximum Gasteiger partial charge on any atom is 0.439 e. The highest BCUT2D eigenvalue weighted by atomic mass is 35.5. The minimum Gasteiger partial charge on any atom is -0.395 e. The number of benzene rings is 1. The van der Waals surface area contributed by atoms with Crippen molar-refractivity contribution in [3.8, 4) is 11.3 Å². The highest BCUT2D eigenvalue weighted by molar-refractivity contribution is 6.35. The quantitative estimate of drug-likeness (QED) is 0.425. The number of H-pyrrole nitrogens is 1. The van der Waals surface area contributed by atoms with Crippen LogP contribution in [0.4, 0.5) is 14.5 Å². The third-order valence-electron chi connectivity index (χ3n) is 3.32. The van der Waals surface area contributed by atoms with Gasteiger partial charge >= 0.3 is 5.97 Å². The summed E-state index contributed by atoms with van der Waals surface area (Å²) in [5.41, 5.74) is 3.81. The summed E-state index contributed by atoms with van der Waals surface area (Å²) in [6.45, 7) is 0. The second-order valence-electron chi connectivity index (χ2n) is 4.61. The molecular formula is C14H9ClF2N3O3+. The molecule has 3 aromatic rings. The van der Waals surface area contributed by atoms with Gasteiger partial charge in [-0.15, -0.1) is 0 Å². The number of halogens is 3. The van der Waals surface area contributed by atoms with E-state index in [4.69, 9.17) is 22.6 Å². The summed E-state index contributed by atoms with van der Waals surface area (Å²) < 4.78 is 28.9. The lowest BCUT2D eigenvalue weighted by Crippen LogP contribution is -2.11. The minimum absolute atomic E-state index is 0.154. The molecule has 0 aliphatic heterocycles. The molecule has 0 spiro atoms. The summed E-state index contributed by atoms with van der Waals surface area (Å²) in [7, 11) is 0. The second kappa shape index (κ2) is 5.49. The molecule has 6 nitrogen and oxygen atoms in total. The fraction of sp³-hybridized carbons (Fsp3) is 0. The molecule has 1 aromatic carbocycles. The number of carbonyl (C=O) groups excluding carboxylic acids is 1. The fourth-order valence-electron chi connectivity index (χ4n) is 2.20. The lowest BCUT2D eigenvalue weighted by Gasteiger charge is -2.10. The van der Waals surface area contributed by atoms with Gasteiger partial charge in [-0.3, -0.25) is 0 Å². The molecule has 3 rings (SSSR count). The number of fused-ring (bicyclic) bond motifs is 1. The van der Waals surface area contributed by atoms with Crippen LogP contribution in [0.2, 0.25) is 5.02 Å². The fourth-order valence-corrected chi connectivity index (χ4v) is 2.40. The van der Waals surface area contributed by atoms with Crippen molar-refractivity contribution in [1.82, 2.24) is 9.97 Å². The molecule has 2 aromatic heterocycles. The maximum absolute atomic E-state index is 14.6. The number of aromatic amines is 1. The van der Waals surface area contributed by atoms with Crippen molar-refractivity contribution in [2.45, 2.75) is 0 Å². The van der Waals surface area contributed by atoms with Gasteiger partial charge in [-0.1, -0.05) is 17.7 Å². The van der Waals surface area contributed by atoms with Gasteiger partial charge in [0, 0.05) is 17.1 Å². The van der Waals surface area contributed by atoms with Crippen LogP contribution in [-0.4, -0.2) is 21.2 Å². The van der Waals surface area contributed by atoms with Crippen molar-refractivity contribution in [3.63, 3.8) is 0 Å². The van der Waals surface area contributed by atoms with Crippen molar-refractivity contribution >= 4 is 34.2 Å². The molecule has 0 unspecified atom stereocenters. The average Bonchev–Trinajstić information content (AvgIpc) is 3.03. The van der Waals surface area contributed by atoms with E-state index in [2.05, 4.69) is 14.9 Å². The van der Waals surface area contributed by atoms with Gasteiger partial charge in [0.15, 0.2) is 17.3 Å². The van der Waals surface area contributed by atoms with Crippen LogP contribution in [0.15, 0.2) is 24.4 Å². The van der Waals surface area contributed by atoms with Crippen molar-refractivity contribution in [1.29, 1.82) is 0 Å². The summed E-state index contributed by atoms with van der Waals surface area (Å²) >= 11 is 5.74. The van der Waals surface area contributed by atoms with Crippen LogP contribution in [0, 0.1) is 11.6 Å². The van der Waals surface area contributed by atoms with Gasteiger partial charge in [0.25, 0.3) is 0 Å². The van der Waals surface area contributed by atoms with E-state index in [1.807, 2.05) is 0 Å². The first-order chi connectivity index (χ1) is 11.0. The van der Waals surface area contributed by atoms with Crippen LogP contribution in [0.25, 0.3) is 22.2 Å². The molecular weight excluding hydrogens is 332 g/mol. The van der Waals surface area contributed by atoms with E-state index >= 15 is 0 Å². The molecule has 0 amide bonds. The zero-order valence-corrected chi connectivity index (χ0v) is 12.0. The molecule has 9 heteroatoms. The Bertz CT molecular complexity index is 943. The smallest absolute Gasteiger partial charge is 0.395 e. The lowest BCUT2D eigenvalue weighted by atomic mass is 10.1. The van der Waals surface area contributed by atoms with Crippen molar-refractivity contribution in [3.05, 3.63) is 46.7 Å². The molecule has 0 radical (unpaired) electrons. The Morgan fingerprint density at radius 2 is 2.04 bits per heavy atom. The second-order valence-corrected chi connectivity index (χ2v) is 4.99. The van der Waals surface area contributed by atoms with Crippen LogP contribution in [-0.2, 0) is 4.89 Å². The number of nitrogen functional groups attached to an aromatic ring is 1. The summed E-state index contributed by atoms with van der Waals surface area (Å²) in [4.78, 5) is 21.7. The van der Waals surface area contributed by atoms with Gasteiger partial charge in [-0.25, -0.2) is 23.8 Å². The summed E-state index contributed by atoms with van der Waals surface area (Å²) in [6.07, 6.45) is 1.53. The number of hydrogen-bond donors (Lipinski definition) is 2. The molecule has 0 saturated carbocycles. The predicted octanol–water partition coefficient (Wildman–Crippen LogP) is 2.54. The number of rotatable bonds is 2. The molecule has 0 atom stereocenters. The highest BCUT2D eigenvalue weighted by Gasteiger charge is 2.26. The molecule has 0 fully saturated rings. The monoisotopic (exact) mass is 340 g/mol. The lowest BCUT2D eigenvalue weighted by molar-refractivity contribution is -0.183. The number of nitrogens with zero attached hydrogens (tertiary/aromatic N) is 1. The first-order valence-corrected chi connectivity index (χ1v) is 6.61. The largest absolute Gasteiger partial charge is 0.439 e. The van der Waals surface area contributed by atoms with Gasteiger partial charge in [0.2, 0.25) is 0 Å². The van der Waals surface area contributed by atoms with Gasteiger partial charge in [-0.2, -0.15) is 4.89 Å². The third-order valence-corrected chi connectivity index (χ3v) is 3.70. The molecule has 0 aliphatic rings. The zero-order chi connectivity index (χ0) is 16.7. The molecule has 0 bridgehead atoms. The van der Waals surface area contributed by atoms with E-state index in [1.165, 1.54) is 12.3 Å². The Morgan fingerprint density at radius 1 is 1.30 bits per heavy atom. The Hall–Kier alpha value is -2.71. The van der Waals surface area contributed by atoms with E-state index in [9.17, 15) is 13.6 Å². The highest BCUT2D eigenvalue weighted by Crippen LogP contribution is 2.35. The van der Waals surface area contributed by atoms with Crippen molar-refractivity contribution in [2.75, 3.05) is 5.73 Å². The van der Waals surface area contributed by atoms with E-state index in [1.54, 1.807) is 12.1 Å². The Balaban J connectivity index is 2.31. The topological polar surface area (TPSA) is 104 Å². The van der Waals surface area contributed by atoms with Gasteiger partial charge in [-0.05, 0) is 12.1 Å². The van der Waals surface area contributed by atoms with Gasteiger partial charge in [0.05, 0.1) is 11.2 Å².